The predicted octanol–water partition coefficient (Wildman–Crippen LogP) is 3.65. The van der Waals surface area contributed by atoms with Gasteiger partial charge in [0.05, 0.1) is 12.7 Å². The molecule has 5 nitrogen and oxygen atoms in total. The van der Waals surface area contributed by atoms with E-state index in [9.17, 15) is 0 Å². The highest BCUT2D eigenvalue weighted by atomic mass is 35.5. The lowest BCUT2D eigenvalue weighted by molar-refractivity contribution is 0.405. The fourth-order valence-corrected chi connectivity index (χ4v) is 2.15. The third-order valence-corrected chi connectivity index (χ3v) is 3.26. The summed E-state index contributed by atoms with van der Waals surface area (Å²) in [5.74, 6) is 1.35. The van der Waals surface area contributed by atoms with E-state index in [4.69, 9.17) is 26.6 Å². The molecule has 2 aromatic carbocycles. The first-order valence-corrected chi connectivity index (χ1v) is 6.59. The Hall–Kier alpha value is -2.53. The van der Waals surface area contributed by atoms with Crippen molar-refractivity contribution in [2.45, 2.75) is 0 Å². The van der Waals surface area contributed by atoms with Crippen LogP contribution in [0.25, 0.3) is 22.8 Å². The number of rotatable bonds is 3. The molecule has 0 saturated heterocycles. The van der Waals surface area contributed by atoms with Gasteiger partial charge in [-0.05, 0) is 30.3 Å². The Labute approximate surface area is 126 Å². The van der Waals surface area contributed by atoms with Gasteiger partial charge in [0.1, 0.15) is 5.75 Å². The second-order valence-corrected chi connectivity index (χ2v) is 4.79. The molecule has 0 amide bonds. The molecular weight excluding hydrogens is 290 g/mol. The van der Waals surface area contributed by atoms with Gasteiger partial charge in [-0.1, -0.05) is 28.9 Å². The van der Waals surface area contributed by atoms with E-state index >= 15 is 0 Å². The number of benzene rings is 2. The first-order valence-electron chi connectivity index (χ1n) is 6.21. The van der Waals surface area contributed by atoms with Crippen molar-refractivity contribution >= 4 is 17.3 Å². The fourth-order valence-electron chi connectivity index (χ4n) is 1.98. The smallest absolute Gasteiger partial charge is 0.262 e. The van der Waals surface area contributed by atoms with Crippen LogP contribution in [-0.2, 0) is 0 Å². The molecule has 0 atom stereocenters. The molecule has 2 N–H and O–H groups in total. The Bertz CT molecular complexity index is 786. The van der Waals surface area contributed by atoms with E-state index in [2.05, 4.69) is 10.1 Å². The number of aromatic nitrogens is 2. The van der Waals surface area contributed by atoms with Crippen LogP contribution in [0.2, 0.25) is 5.02 Å². The molecular formula is C15H12ClN3O2. The third-order valence-electron chi connectivity index (χ3n) is 3.02. The first kappa shape index (κ1) is 13.5. The minimum atomic E-state index is 0.349. The first-order chi connectivity index (χ1) is 10.2. The number of nitrogen functional groups attached to an aromatic ring is 1. The Kier molecular flexibility index (Phi) is 3.50. The van der Waals surface area contributed by atoms with Gasteiger partial charge in [0.15, 0.2) is 0 Å². The normalized spacial score (nSPS) is 10.6. The van der Waals surface area contributed by atoms with Gasteiger partial charge in [-0.15, -0.1) is 0 Å². The van der Waals surface area contributed by atoms with Crippen LogP contribution in [0.3, 0.4) is 0 Å². The van der Waals surface area contributed by atoms with Crippen LogP contribution in [0.4, 0.5) is 5.69 Å². The monoisotopic (exact) mass is 301 g/mol. The number of ether oxygens (including phenoxy) is 1. The predicted molar refractivity (Wildman–Crippen MR) is 81.1 cm³/mol. The molecule has 0 aliphatic rings. The molecule has 3 rings (SSSR count). The van der Waals surface area contributed by atoms with Crippen molar-refractivity contribution < 1.29 is 9.26 Å². The van der Waals surface area contributed by atoms with Crippen LogP contribution < -0.4 is 10.5 Å². The summed E-state index contributed by atoms with van der Waals surface area (Å²) in [5.41, 5.74) is 7.90. The lowest BCUT2D eigenvalue weighted by atomic mass is 10.1. The van der Waals surface area contributed by atoms with Crippen LogP contribution >= 0.6 is 11.6 Å². The minimum Gasteiger partial charge on any atom is -0.496 e. The van der Waals surface area contributed by atoms with E-state index in [1.165, 1.54) is 0 Å². The molecule has 0 aliphatic heterocycles. The number of methoxy groups -OCH3 is 1. The number of hydrogen-bond acceptors (Lipinski definition) is 5. The largest absolute Gasteiger partial charge is 0.496 e. The van der Waals surface area contributed by atoms with Crippen LogP contribution in [-0.4, -0.2) is 17.3 Å². The Morgan fingerprint density at radius 3 is 2.71 bits per heavy atom. The zero-order chi connectivity index (χ0) is 14.8. The standard InChI is InChI=1S/C15H12ClN3O2/c1-20-13-8-9(16)6-7-11(13)15-18-14(19-21-15)10-4-2-3-5-12(10)17/h2-8H,17H2,1H3. The summed E-state index contributed by atoms with van der Waals surface area (Å²) < 4.78 is 10.6. The van der Waals surface area contributed by atoms with Gasteiger partial charge in [-0.2, -0.15) is 4.98 Å². The maximum Gasteiger partial charge on any atom is 0.262 e. The molecule has 0 bridgehead atoms. The van der Waals surface area contributed by atoms with Crippen molar-refractivity contribution in [2.24, 2.45) is 0 Å². The second-order valence-electron chi connectivity index (χ2n) is 4.35. The van der Waals surface area contributed by atoms with Crippen molar-refractivity contribution in [2.75, 3.05) is 12.8 Å². The van der Waals surface area contributed by atoms with E-state index in [1.807, 2.05) is 18.2 Å². The van der Waals surface area contributed by atoms with Gasteiger partial charge in [0, 0.05) is 16.3 Å². The highest BCUT2D eigenvalue weighted by Crippen LogP contribution is 2.33. The van der Waals surface area contributed by atoms with Gasteiger partial charge in [0.2, 0.25) is 5.82 Å². The molecule has 0 aliphatic carbocycles. The lowest BCUT2D eigenvalue weighted by Gasteiger charge is -2.04. The van der Waals surface area contributed by atoms with Gasteiger partial charge in [0.25, 0.3) is 5.89 Å². The minimum absolute atomic E-state index is 0.349. The van der Waals surface area contributed by atoms with Crippen LogP contribution in [0, 0.1) is 0 Å². The van der Waals surface area contributed by atoms with E-state index in [0.29, 0.717) is 33.7 Å². The number of halogens is 1. The molecule has 3 aromatic rings. The van der Waals surface area contributed by atoms with E-state index in [-0.39, 0.29) is 0 Å². The maximum absolute atomic E-state index is 5.94. The molecule has 106 valence electrons. The van der Waals surface area contributed by atoms with Crippen LogP contribution in [0.5, 0.6) is 5.75 Å². The highest BCUT2D eigenvalue weighted by Gasteiger charge is 2.16. The van der Waals surface area contributed by atoms with Crippen LogP contribution in [0.1, 0.15) is 0 Å². The summed E-state index contributed by atoms with van der Waals surface area (Å²) >= 11 is 5.94. The van der Waals surface area contributed by atoms with Crippen molar-refractivity contribution in [3.05, 3.63) is 47.5 Å². The van der Waals surface area contributed by atoms with E-state index in [0.717, 1.165) is 5.56 Å². The SMILES string of the molecule is COc1cc(Cl)ccc1-c1nc(-c2ccccc2N)no1. The maximum atomic E-state index is 5.94. The average molecular weight is 302 g/mol. The molecule has 6 heteroatoms. The zero-order valence-corrected chi connectivity index (χ0v) is 12.0. The molecule has 0 fully saturated rings. The number of anilines is 1. The fraction of sp³-hybridized carbons (Fsp3) is 0.0667. The molecule has 0 unspecified atom stereocenters. The number of nitrogens with two attached hydrogens (primary N) is 1. The van der Waals surface area contributed by atoms with Crippen molar-refractivity contribution in [1.29, 1.82) is 0 Å². The molecule has 1 aromatic heterocycles. The zero-order valence-electron chi connectivity index (χ0n) is 11.2. The summed E-state index contributed by atoms with van der Waals surface area (Å²) in [4.78, 5) is 4.37. The highest BCUT2D eigenvalue weighted by molar-refractivity contribution is 6.30. The number of hydrogen-bond donors (Lipinski definition) is 1. The Morgan fingerprint density at radius 2 is 1.95 bits per heavy atom. The molecule has 21 heavy (non-hydrogen) atoms. The van der Waals surface area contributed by atoms with Crippen molar-refractivity contribution in [3.8, 4) is 28.6 Å². The summed E-state index contributed by atoms with van der Waals surface area (Å²) in [6.45, 7) is 0. The molecule has 0 spiro atoms. The van der Waals surface area contributed by atoms with E-state index < -0.39 is 0 Å². The van der Waals surface area contributed by atoms with Crippen molar-refractivity contribution in [3.63, 3.8) is 0 Å². The summed E-state index contributed by atoms with van der Waals surface area (Å²) in [7, 11) is 1.56. The number of para-hydroxylation sites is 1. The van der Waals surface area contributed by atoms with Gasteiger partial charge < -0.3 is 15.0 Å². The second kappa shape index (κ2) is 5.46. The van der Waals surface area contributed by atoms with Crippen LogP contribution in [0.15, 0.2) is 47.0 Å². The average Bonchev–Trinajstić information content (AvgIpc) is 2.97. The molecule has 1 heterocycles. The van der Waals surface area contributed by atoms with Crippen molar-refractivity contribution in [1.82, 2.24) is 10.1 Å². The summed E-state index contributed by atoms with van der Waals surface area (Å²) in [6.07, 6.45) is 0. The van der Waals surface area contributed by atoms with Gasteiger partial charge in [-0.25, -0.2) is 0 Å². The topological polar surface area (TPSA) is 74.2 Å². The lowest BCUT2D eigenvalue weighted by Crippen LogP contribution is -1.91. The quantitative estimate of drug-likeness (QED) is 0.747. The third kappa shape index (κ3) is 2.55. The molecule has 0 saturated carbocycles. The number of nitrogens with zero attached hydrogens (tertiary/aromatic N) is 2. The Morgan fingerprint density at radius 1 is 1.14 bits per heavy atom. The van der Waals surface area contributed by atoms with Gasteiger partial charge in [-0.3, -0.25) is 0 Å². The van der Waals surface area contributed by atoms with E-state index in [1.54, 1.807) is 31.4 Å². The Balaban J connectivity index is 2.05. The summed E-state index contributed by atoms with van der Waals surface area (Å²) in [6, 6.07) is 12.5. The summed E-state index contributed by atoms with van der Waals surface area (Å²) in [5, 5.41) is 4.54. The molecule has 0 radical (unpaired) electrons. The van der Waals surface area contributed by atoms with Gasteiger partial charge >= 0.3 is 0 Å².